The molecule has 0 bridgehead atoms. The third-order valence-electron chi connectivity index (χ3n) is 5.78. The summed E-state index contributed by atoms with van der Waals surface area (Å²) in [4.78, 5) is 28.6. The van der Waals surface area contributed by atoms with E-state index in [-0.39, 0.29) is 25.0 Å². The Hall–Kier alpha value is -3.51. The zero-order valence-corrected chi connectivity index (χ0v) is 21.5. The summed E-state index contributed by atoms with van der Waals surface area (Å²) in [6.45, 7) is 2.60. The van der Waals surface area contributed by atoms with E-state index in [0.29, 0.717) is 29.5 Å². The molecule has 3 aromatic carbocycles. The first-order chi connectivity index (χ1) is 17.5. The van der Waals surface area contributed by atoms with Crippen LogP contribution in [0.25, 0.3) is 0 Å². The van der Waals surface area contributed by atoms with Crippen molar-refractivity contribution in [3.05, 3.63) is 95.0 Å². The van der Waals surface area contributed by atoms with E-state index in [1.807, 2.05) is 54.6 Å². The fourth-order valence-electron chi connectivity index (χ4n) is 3.81. The van der Waals surface area contributed by atoms with Crippen LogP contribution in [-0.4, -0.2) is 43.0 Å². The molecule has 0 spiro atoms. The Bertz CT molecular complexity index is 1120. The molecule has 0 saturated heterocycles. The summed E-state index contributed by atoms with van der Waals surface area (Å²) < 4.78 is 11.1. The molecule has 36 heavy (non-hydrogen) atoms. The third-order valence-corrected chi connectivity index (χ3v) is 6.09. The maximum Gasteiger partial charge on any atom is 0.261 e. The average molecular weight is 509 g/mol. The highest BCUT2D eigenvalue weighted by Gasteiger charge is 2.30. The Morgan fingerprint density at radius 1 is 0.972 bits per heavy atom. The van der Waals surface area contributed by atoms with Crippen molar-refractivity contribution in [3.63, 3.8) is 0 Å². The number of halogens is 1. The molecule has 0 heterocycles. The molecule has 7 heteroatoms. The van der Waals surface area contributed by atoms with Crippen LogP contribution in [0.5, 0.6) is 11.5 Å². The van der Waals surface area contributed by atoms with Crippen LogP contribution in [-0.2, 0) is 22.6 Å². The van der Waals surface area contributed by atoms with E-state index in [1.54, 1.807) is 36.3 Å². The molecule has 6 nitrogen and oxygen atoms in total. The van der Waals surface area contributed by atoms with Gasteiger partial charge < -0.3 is 19.7 Å². The van der Waals surface area contributed by atoms with Gasteiger partial charge in [-0.05, 0) is 41.8 Å². The zero-order valence-electron chi connectivity index (χ0n) is 20.8. The van der Waals surface area contributed by atoms with E-state index in [9.17, 15) is 9.59 Å². The maximum absolute atomic E-state index is 13.6. The smallest absolute Gasteiger partial charge is 0.261 e. The number of amides is 2. The number of ether oxygens (including phenoxy) is 2. The molecule has 0 fully saturated rings. The number of methoxy groups -OCH3 is 1. The van der Waals surface area contributed by atoms with Crippen LogP contribution in [0.2, 0.25) is 5.02 Å². The molecule has 1 atom stereocenters. The fourth-order valence-corrected chi connectivity index (χ4v) is 4.00. The Kier molecular flexibility index (Phi) is 10.6. The molecular formula is C29H33ClN2O4. The lowest BCUT2D eigenvalue weighted by atomic mass is 10.0. The highest BCUT2D eigenvalue weighted by atomic mass is 35.5. The van der Waals surface area contributed by atoms with Gasteiger partial charge in [0.2, 0.25) is 5.91 Å². The lowest BCUT2D eigenvalue weighted by Gasteiger charge is -2.31. The van der Waals surface area contributed by atoms with Crippen molar-refractivity contribution in [3.8, 4) is 11.5 Å². The van der Waals surface area contributed by atoms with Crippen LogP contribution in [0.1, 0.15) is 30.9 Å². The monoisotopic (exact) mass is 508 g/mol. The SMILES string of the molecule is CCCCNC(=O)[C@H](Cc1ccccc1)N(Cc1cccc(OC)c1)C(=O)COc1ccccc1Cl. The molecular weight excluding hydrogens is 476 g/mol. The van der Waals surface area contributed by atoms with Crippen molar-refractivity contribution in [2.24, 2.45) is 0 Å². The summed E-state index contributed by atoms with van der Waals surface area (Å²) >= 11 is 6.21. The van der Waals surface area contributed by atoms with Crippen LogP contribution < -0.4 is 14.8 Å². The van der Waals surface area contributed by atoms with Gasteiger partial charge in [-0.1, -0.05) is 79.5 Å². The van der Waals surface area contributed by atoms with Gasteiger partial charge in [-0.3, -0.25) is 9.59 Å². The van der Waals surface area contributed by atoms with Gasteiger partial charge in [0.15, 0.2) is 6.61 Å². The van der Waals surface area contributed by atoms with Crippen LogP contribution in [0.4, 0.5) is 0 Å². The minimum atomic E-state index is -0.724. The van der Waals surface area contributed by atoms with Crippen LogP contribution in [0, 0.1) is 0 Å². The second-order valence-electron chi connectivity index (χ2n) is 8.44. The zero-order chi connectivity index (χ0) is 25.8. The first kappa shape index (κ1) is 27.1. The predicted molar refractivity (Wildman–Crippen MR) is 142 cm³/mol. The number of benzene rings is 3. The molecule has 190 valence electrons. The predicted octanol–water partition coefficient (Wildman–Crippen LogP) is 5.28. The van der Waals surface area contributed by atoms with Crippen molar-refractivity contribution >= 4 is 23.4 Å². The first-order valence-corrected chi connectivity index (χ1v) is 12.5. The molecule has 0 aliphatic carbocycles. The molecule has 0 aliphatic rings. The van der Waals surface area contributed by atoms with Gasteiger partial charge in [0.25, 0.3) is 5.91 Å². The van der Waals surface area contributed by atoms with E-state index >= 15 is 0 Å². The van der Waals surface area contributed by atoms with Gasteiger partial charge in [0.05, 0.1) is 12.1 Å². The van der Waals surface area contributed by atoms with Crippen molar-refractivity contribution in [2.45, 2.75) is 38.8 Å². The minimum Gasteiger partial charge on any atom is -0.497 e. The number of nitrogens with zero attached hydrogens (tertiary/aromatic N) is 1. The normalized spacial score (nSPS) is 11.4. The number of para-hydroxylation sites is 1. The van der Waals surface area contributed by atoms with E-state index in [1.165, 1.54) is 0 Å². The summed E-state index contributed by atoms with van der Waals surface area (Å²) in [5.41, 5.74) is 1.81. The number of carbonyl (C=O) groups is 2. The third kappa shape index (κ3) is 8.02. The molecule has 0 radical (unpaired) electrons. The largest absolute Gasteiger partial charge is 0.497 e. The van der Waals surface area contributed by atoms with E-state index in [4.69, 9.17) is 21.1 Å². The number of carbonyl (C=O) groups excluding carboxylic acids is 2. The average Bonchev–Trinajstić information content (AvgIpc) is 2.90. The van der Waals surface area contributed by atoms with Crippen molar-refractivity contribution in [1.82, 2.24) is 10.2 Å². The molecule has 0 aromatic heterocycles. The van der Waals surface area contributed by atoms with E-state index in [0.717, 1.165) is 24.0 Å². The number of nitrogens with one attached hydrogen (secondary N) is 1. The van der Waals surface area contributed by atoms with Gasteiger partial charge in [0.1, 0.15) is 17.5 Å². The Balaban J connectivity index is 1.91. The summed E-state index contributed by atoms with van der Waals surface area (Å²) in [6.07, 6.45) is 2.20. The lowest BCUT2D eigenvalue weighted by Crippen LogP contribution is -2.51. The first-order valence-electron chi connectivity index (χ1n) is 12.1. The highest BCUT2D eigenvalue weighted by Crippen LogP contribution is 2.24. The molecule has 0 unspecified atom stereocenters. The molecule has 3 aromatic rings. The quantitative estimate of drug-likeness (QED) is 0.319. The van der Waals surface area contributed by atoms with Gasteiger partial charge in [-0.2, -0.15) is 0 Å². The second-order valence-corrected chi connectivity index (χ2v) is 8.85. The lowest BCUT2D eigenvalue weighted by molar-refractivity contribution is -0.142. The van der Waals surface area contributed by atoms with Gasteiger partial charge >= 0.3 is 0 Å². The van der Waals surface area contributed by atoms with E-state index < -0.39 is 6.04 Å². The summed E-state index contributed by atoms with van der Waals surface area (Å²) in [7, 11) is 1.60. The number of rotatable bonds is 13. The Morgan fingerprint density at radius 3 is 2.42 bits per heavy atom. The molecule has 0 saturated carbocycles. The van der Waals surface area contributed by atoms with Gasteiger partial charge in [-0.25, -0.2) is 0 Å². The second kappa shape index (κ2) is 14.1. The van der Waals surface area contributed by atoms with Crippen LogP contribution >= 0.6 is 11.6 Å². The molecule has 1 N–H and O–H groups in total. The summed E-state index contributed by atoms with van der Waals surface area (Å²) in [5, 5.41) is 3.43. The number of hydrogen-bond donors (Lipinski definition) is 1. The standard InChI is InChI=1S/C29H33ClN2O4/c1-3-4-17-31-29(34)26(19-22-11-6-5-7-12-22)32(20-23-13-10-14-24(18-23)35-2)28(33)21-36-27-16-9-8-15-25(27)30/h5-16,18,26H,3-4,17,19-21H2,1-2H3,(H,31,34)/t26-/m0/s1. The summed E-state index contributed by atoms with van der Waals surface area (Å²) in [5.74, 6) is 0.589. The maximum atomic E-state index is 13.6. The fraction of sp³-hybridized carbons (Fsp3) is 0.310. The van der Waals surface area contributed by atoms with Crippen molar-refractivity contribution < 1.29 is 19.1 Å². The Morgan fingerprint density at radius 2 is 1.69 bits per heavy atom. The van der Waals surface area contributed by atoms with E-state index in [2.05, 4.69) is 12.2 Å². The molecule has 0 aliphatic heterocycles. The number of unbranched alkanes of at least 4 members (excludes halogenated alkanes) is 1. The van der Waals surface area contributed by atoms with Crippen LogP contribution in [0.3, 0.4) is 0 Å². The summed E-state index contributed by atoms with van der Waals surface area (Å²) in [6, 6.07) is 23.5. The minimum absolute atomic E-state index is 0.193. The van der Waals surface area contributed by atoms with Crippen molar-refractivity contribution in [1.29, 1.82) is 0 Å². The van der Waals surface area contributed by atoms with Crippen molar-refractivity contribution in [2.75, 3.05) is 20.3 Å². The molecule has 2 amide bonds. The number of hydrogen-bond acceptors (Lipinski definition) is 4. The Labute approximate surface area is 218 Å². The highest BCUT2D eigenvalue weighted by molar-refractivity contribution is 6.32. The van der Waals surface area contributed by atoms with Gasteiger partial charge in [-0.15, -0.1) is 0 Å². The molecule has 3 rings (SSSR count). The van der Waals surface area contributed by atoms with Gasteiger partial charge in [0, 0.05) is 19.5 Å². The topological polar surface area (TPSA) is 67.9 Å². The van der Waals surface area contributed by atoms with Crippen LogP contribution in [0.15, 0.2) is 78.9 Å².